The van der Waals surface area contributed by atoms with Crippen molar-refractivity contribution in [1.82, 2.24) is 15.1 Å². The smallest absolute Gasteiger partial charge is 0.410 e. The standard InChI is InChI=1S/C21H27N3O6/c1-20(2,3)17(26)30-14-24-16(25)21(22-18(24)27)10-7-11-23(13-21)19(28)29-12-15-8-5-4-6-9-15/h4-6,8-9H,7,10-14H2,1-3H3,(H,22,27)/t21-/m1/s1. The number of carbonyl (C=O) groups excluding carboxylic acids is 4. The maximum atomic E-state index is 13.0. The van der Waals surface area contributed by atoms with Crippen LogP contribution in [0.15, 0.2) is 30.3 Å². The third-order valence-electron chi connectivity index (χ3n) is 5.14. The topological polar surface area (TPSA) is 105 Å². The van der Waals surface area contributed by atoms with Gasteiger partial charge in [-0.3, -0.25) is 9.59 Å². The van der Waals surface area contributed by atoms with E-state index in [9.17, 15) is 19.2 Å². The number of esters is 1. The van der Waals surface area contributed by atoms with Crippen LogP contribution in [0.3, 0.4) is 0 Å². The van der Waals surface area contributed by atoms with Crippen molar-refractivity contribution in [2.24, 2.45) is 5.41 Å². The van der Waals surface area contributed by atoms with E-state index < -0.39 is 41.7 Å². The first-order chi connectivity index (χ1) is 14.1. The number of rotatable bonds is 4. The number of ether oxygens (including phenoxy) is 2. The lowest BCUT2D eigenvalue weighted by Gasteiger charge is -2.37. The zero-order valence-corrected chi connectivity index (χ0v) is 17.5. The zero-order chi connectivity index (χ0) is 21.9. The summed E-state index contributed by atoms with van der Waals surface area (Å²) in [5.41, 5.74) is -1.12. The van der Waals surface area contributed by atoms with Crippen LogP contribution in [0.2, 0.25) is 0 Å². The van der Waals surface area contributed by atoms with E-state index in [4.69, 9.17) is 9.47 Å². The van der Waals surface area contributed by atoms with Crippen molar-refractivity contribution in [1.29, 1.82) is 0 Å². The number of carbonyl (C=O) groups is 4. The van der Waals surface area contributed by atoms with Gasteiger partial charge in [-0.2, -0.15) is 0 Å². The van der Waals surface area contributed by atoms with Gasteiger partial charge < -0.3 is 19.7 Å². The molecule has 0 radical (unpaired) electrons. The van der Waals surface area contributed by atoms with Crippen LogP contribution in [-0.4, -0.2) is 59.2 Å². The first-order valence-electron chi connectivity index (χ1n) is 9.89. The molecule has 1 N–H and O–H groups in total. The normalized spacial score (nSPS) is 21.6. The summed E-state index contributed by atoms with van der Waals surface area (Å²) in [4.78, 5) is 52.1. The molecule has 1 aromatic rings. The van der Waals surface area contributed by atoms with Crippen LogP contribution in [0, 0.1) is 5.41 Å². The minimum atomic E-state index is -1.23. The van der Waals surface area contributed by atoms with Crippen molar-refractivity contribution in [3.63, 3.8) is 0 Å². The summed E-state index contributed by atoms with van der Waals surface area (Å²) in [6.45, 7) is 5.15. The summed E-state index contributed by atoms with van der Waals surface area (Å²) in [5, 5.41) is 2.69. The minimum absolute atomic E-state index is 0.00884. The molecule has 162 valence electrons. The van der Waals surface area contributed by atoms with Gasteiger partial charge in [-0.05, 0) is 39.2 Å². The van der Waals surface area contributed by atoms with Crippen LogP contribution in [0.5, 0.6) is 0 Å². The van der Waals surface area contributed by atoms with Gasteiger partial charge in [0.2, 0.25) is 0 Å². The van der Waals surface area contributed by atoms with Crippen LogP contribution in [0.25, 0.3) is 0 Å². The number of nitrogens with one attached hydrogen (secondary N) is 1. The van der Waals surface area contributed by atoms with E-state index in [1.807, 2.05) is 30.3 Å². The van der Waals surface area contributed by atoms with E-state index in [1.165, 1.54) is 4.90 Å². The lowest BCUT2D eigenvalue weighted by atomic mass is 9.89. The number of hydrogen-bond acceptors (Lipinski definition) is 6. The molecular weight excluding hydrogens is 390 g/mol. The number of amides is 4. The maximum absolute atomic E-state index is 13.0. The highest BCUT2D eigenvalue weighted by atomic mass is 16.6. The van der Waals surface area contributed by atoms with E-state index in [1.54, 1.807) is 20.8 Å². The van der Waals surface area contributed by atoms with Crippen LogP contribution in [-0.2, 0) is 25.7 Å². The van der Waals surface area contributed by atoms with E-state index in [0.717, 1.165) is 10.5 Å². The largest absolute Gasteiger partial charge is 0.445 e. The molecule has 4 amide bonds. The van der Waals surface area contributed by atoms with Crippen molar-refractivity contribution in [3.05, 3.63) is 35.9 Å². The number of nitrogens with zero attached hydrogens (tertiary/aromatic N) is 2. The molecule has 0 unspecified atom stereocenters. The first kappa shape index (κ1) is 21.6. The SMILES string of the molecule is CC(C)(C)C(=O)OCN1C(=O)N[C@@]2(CCCN(C(=O)OCc3ccccc3)C2)C1=O. The molecule has 3 rings (SSSR count). The monoisotopic (exact) mass is 417 g/mol. The Morgan fingerprint density at radius 1 is 1.13 bits per heavy atom. The lowest BCUT2D eigenvalue weighted by molar-refractivity contribution is -0.158. The Hall–Kier alpha value is -3.10. The molecule has 9 nitrogen and oxygen atoms in total. The molecule has 2 aliphatic heterocycles. The summed E-state index contributed by atoms with van der Waals surface area (Å²) < 4.78 is 10.5. The third kappa shape index (κ3) is 4.55. The maximum Gasteiger partial charge on any atom is 0.410 e. The Labute approximate surface area is 175 Å². The second-order valence-corrected chi connectivity index (χ2v) is 8.62. The molecule has 9 heteroatoms. The second-order valence-electron chi connectivity index (χ2n) is 8.62. The quantitative estimate of drug-likeness (QED) is 0.595. The molecule has 2 saturated heterocycles. The van der Waals surface area contributed by atoms with Crippen LogP contribution < -0.4 is 5.32 Å². The van der Waals surface area contributed by atoms with Gasteiger partial charge in [0.25, 0.3) is 5.91 Å². The Kier molecular flexibility index (Phi) is 6.00. The van der Waals surface area contributed by atoms with Crippen LogP contribution in [0.1, 0.15) is 39.2 Å². The number of likely N-dealkylation sites (tertiary alicyclic amines) is 1. The van der Waals surface area contributed by atoms with Gasteiger partial charge in [-0.25, -0.2) is 14.5 Å². The van der Waals surface area contributed by atoms with Crippen LogP contribution in [0.4, 0.5) is 9.59 Å². The van der Waals surface area contributed by atoms with Crippen molar-refractivity contribution in [2.45, 2.75) is 45.8 Å². The Bertz CT molecular complexity index is 835. The molecule has 2 aliphatic rings. The van der Waals surface area contributed by atoms with E-state index in [2.05, 4.69) is 5.32 Å². The molecule has 30 heavy (non-hydrogen) atoms. The highest BCUT2D eigenvalue weighted by Gasteiger charge is 2.54. The van der Waals surface area contributed by atoms with Crippen molar-refractivity contribution in [2.75, 3.05) is 19.8 Å². The Balaban J connectivity index is 1.61. The molecule has 2 heterocycles. The molecule has 1 aromatic carbocycles. The highest BCUT2D eigenvalue weighted by Crippen LogP contribution is 2.29. The zero-order valence-electron chi connectivity index (χ0n) is 17.5. The second kappa shape index (κ2) is 8.33. The van der Waals surface area contributed by atoms with Gasteiger partial charge >= 0.3 is 18.1 Å². The summed E-state index contributed by atoms with van der Waals surface area (Å²) in [6, 6.07) is 8.64. The van der Waals surface area contributed by atoms with E-state index in [-0.39, 0.29) is 13.2 Å². The van der Waals surface area contributed by atoms with Gasteiger partial charge in [0.05, 0.1) is 12.0 Å². The van der Waals surface area contributed by atoms with Gasteiger partial charge in [-0.15, -0.1) is 0 Å². The fourth-order valence-electron chi connectivity index (χ4n) is 3.43. The van der Waals surface area contributed by atoms with Crippen molar-refractivity contribution < 1.29 is 28.7 Å². The average molecular weight is 417 g/mol. The van der Waals surface area contributed by atoms with Crippen molar-refractivity contribution in [3.8, 4) is 0 Å². The third-order valence-corrected chi connectivity index (χ3v) is 5.14. The van der Waals surface area contributed by atoms with Crippen molar-refractivity contribution >= 4 is 24.0 Å². The molecule has 2 fully saturated rings. The molecular formula is C21H27N3O6. The van der Waals surface area contributed by atoms with Gasteiger partial charge in [0, 0.05) is 6.54 Å². The average Bonchev–Trinajstić information content (AvgIpc) is 2.93. The molecule has 1 spiro atoms. The summed E-state index contributed by atoms with van der Waals surface area (Å²) in [5.74, 6) is -1.02. The highest BCUT2D eigenvalue weighted by molar-refractivity contribution is 6.07. The van der Waals surface area contributed by atoms with Crippen LogP contribution >= 0.6 is 0 Å². The van der Waals surface area contributed by atoms with E-state index in [0.29, 0.717) is 19.4 Å². The summed E-state index contributed by atoms with van der Waals surface area (Å²) >= 11 is 0. The molecule has 1 atom stereocenters. The predicted octanol–water partition coefficient (Wildman–Crippen LogP) is 2.26. The number of benzene rings is 1. The minimum Gasteiger partial charge on any atom is -0.445 e. The Morgan fingerprint density at radius 2 is 1.83 bits per heavy atom. The molecule has 0 aromatic heterocycles. The van der Waals surface area contributed by atoms with Gasteiger partial charge in [-0.1, -0.05) is 30.3 Å². The predicted molar refractivity (Wildman–Crippen MR) is 106 cm³/mol. The number of hydrogen-bond donors (Lipinski definition) is 1. The number of imide groups is 1. The number of urea groups is 1. The summed E-state index contributed by atoms with van der Waals surface area (Å²) in [6.07, 6.45) is 0.379. The fourth-order valence-corrected chi connectivity index (χ4v) is 3.43. The molecule has 0 bridgehead atoms. The lowest BCUT2D eigenvalue weighted by Crippen LogP contribution is -2.59. The number of piperidine rings is 1. The van der Waals surface area contributed by atoms with E-state index >= 15 is 0 Å². The van der Waals surface area contributed by atoms with Gasteiger partial charge in [0.15, 0.2) is 6.73 Å². The fraction of sp³-hybridized carbons (Fsp3) is 0.524. The Morgan fingerprint density at radius 3 is 2.50 bits per heavy atom. The molecule has 0 aliphatic carbocycles. The molecule has 0 saturated carbocycles. The first-order valence-corrected chi connectivity index (χ1v) is 9.89. The van der Waals surface area contributed by atoms with Gasteiger partial charge in [0.1, 0.15) is 12.1 Å². The summed E-state index contributed by atoms with van der Waals surface area (Å²) in [7, 11) is 0.